The summed E-state index contributed by atoms with van der Waals surface area (Å²) < 4.78 is 47.5. The molecule has 0 saturated carbocycles. The Morgan fingerprint density at radius 2 is 1.51 bits per heavy atom. The van der Waals surface area contributed by atoms with E-state index in [4.69, 9.17) is 16.6 Å². The highest BCUT2D eigenvalue weighted by Crippen LogP contribution is 2.38. The van der Waals surface area contributed by atoms with Gasteiger partial charge in [-0.25, -0.2) is 18.2 Å². The van der Waals surface area contributed by atoms with Crippen LogP contribution in [-0.2, 0) is 32.1 Å². The van der Waals surface area contributed by atoms with Crippen LogP contribution in [-0.4, -0.2) is 124 Å². The molecule has 8 unspecified atom stereocenters. The molecule has 13 nitrogen and oxygen atoms in total. The highest BCUT2D eigenvalue weighted by Gasteiger charge is 2.42. The molecule has 2 aromatic carbocycles. The fraction of sp³-hybridized carbons (Fsp3) is 0.548. The van der Waals surface area contributed by atoms with Gasteiger partial charge in [0.1, 0.15) is 30.2 Å². The van der Waals surface area contributed by atoms with Gasteiger partial charge < -0.3 is 40.6 Å². The molecule has 2 fully saturated rings. The van der Waals surface area contributed by atoms with Gasteiger partial charge in [0.05, 0.1) is 47.9 Å². The molecule has 2 aliphatic heterocycles. The van der Waals surface area contributed by atoms with Crippen LogP contribution in [0.5, 0.6) is 0 Å². The summed E-state index contributed by atoms with van der Waals surface area (Å²) in [4.78, 5) is 65.3. The number of amides is 4. The number of carbonyl (C=O) groups is 4. The lowest BCUT2D eigenvalue weighted by molar-refractivity contribution is -0.139. The fourth-order valence-corrected chi connectivity index (χ4v) is 8.42. The number of aromatic amines is 1. The number of likely N-dealkylation sites (tertiary alicyclic amines) is 2. The normalized spacial score (nSPS) is 21.6. The van der Waals surface area contributed by atoms with E-state index >= 15 is 8.78 Å². The van der Waals surface area contributed by atoms with Crippen molar-refractivity contribution in [1.29, 1.82) is 0 Å². The minimum absolute atomic E-state index is 0.0200. The third-order valence-corrected chi connectivity index (χ3v) is 12.1. The number of benzene rings is 2. The molecule has 2 aliphatic rings. The molecule has 5 N–H and O–H groups in total. The molecule has 17 heteroatoms. The van der Waals surface area contributed by atoms with Crippen LogP contribution in [0.3, 0.4) is 0 Å². The Labute approximate surface area is 347 Å². The number of hydrogen-bond donors (Lipinski definition) is 5. The number of carbonyl (C=O) groups excluding carboxylic acids is 4. The van der Waals surface area contributed by atoms with Crippen LogP contribution in [0.2, 0.25) is 5.02 Å². The Kier molecular flexibility index (Phi) is 13.6. The highest BCUT2D eigenvalue weighted by atomic mass is 35.5. The van der Waals surface area contributed by atoms with Gasteiger partial charge in [0.25, 0.3) is 0 Å². The highest BCUT2D eigenvalue weighted by molar-refractivity contribution is 6.31. The number of likely N-dealkylation sites (N-methyl/N-ethyl adjacent to an activating group) is 2. The zero-order valence-electron chi connectivity index (χ0n) is 34.5. The molecule has 4 heterocycles. The molecule has 0 aliphatic carbocycles. The number of halogens is 4. The molecule has 2 saturated heterocycles. The van der Waals surface area contributed by atoms with E-state index in [9.17, 15) is 23.6 Å². The van der Waals surface area contributed by atoms with Gasteiger partial charge >= 0.3 is 0 Å². The molecule has 320 valence electrons. The van der Waals surface area contributed by atoms with E-state index in [-0.39, 0.29) is 62.5 Å². The maximum absolute atomic E-state index is 15.5. The van der Waals surface area contributed by atoms with Crippen molar-refractivity contribution in [2.24, 2.45) is 5.92 Å². The van der Waals surface area contributed by atoms with Crippen molar-refractivity contribution in [3.8, 4) is 11.5 Å². The van der Waals surface area contributed by atoms with Gasteiger partial charge in [-0.1, -0.05) is 38.4 Å². The summed E-state index contributed by atoms with van der Waals surface area (Å²) in [6, 6.07) is 5.38. The SMILES string of the molecule is CCC(NC(=O)C(C)NC)C(=O)N1CC(F)CC1Cc1c(-c2nc3cc(F)ccc3n2CC2CC(F)CN2C(=O)C(NC(=O)C(C)NC)C(C)C)[nH]c2cc(Cl)ccc12. The Morgan fingerprint density at radius 1 is 0.881 bits per heavy atom. The lowest BCUT2D eigenvalue weighted by Gasteiger charge is -2.32. The Morgan fingerprint density at radius 3 is 2.14 bits per heavy atom. The number of nitrogens with zero attached hydrogens (tertiary/aromatic N) is 4. The van der Waals surface area contributed by atoms with Crippen molar-refractivity contribution < 1.29 is 32.3 Å². The quantitative estimate of drug-likeness (QED) is 0.117. The number of aromatic nitrogens is 3. The topological polar surface area (TPSA) is 156 Å². The molecule has 59 heavy (non-hydrogen) atoms. The number of H-pyrrole nitrogens is 1. The summed E-state index contributed by atoms with van der Waals surface area (Å²) in [7, 11) is 3.29. The lowest BCUT2D eigenvalue weighted by Crippen LogP contribution is -2.55. The van der Waals surface area contributed by atoms with E-state index in [1.54, 1.807) is 53.1 Å². The largest absolute Gasteiger partial charge is 0.352 e. The van der Waals surface area contributed by atoms with E-state index in [0.717, 1.165) is 5.39 Å². The summed E-state index contributed by atoms with van der Waals surface area (Å²) in [5.41, 5.74) is 2.72. The number of nitrogens with one attached hydrogen (secondary N) is 5. The Bertz CT molecular complexity index is 2200. The maximum atomic E-state index is 15.5. The van der Waals surface area contributed by atoms with E-state index < -0.39 is 60.3 Å². The van der Waals surface area contributed by atoms with Crippen LogP contribution in [0.1, 0.15) is 59.4 Å². The molecular weight excluding hydrogens is 787 g/mol. The first-order valence-corrected chi connectivity index (χ1v) is 20.7. The molecule has 4 amide bonds. The van der Waals surface area contributed by atoms with Crippen molar-refractivity contribution in [2.75, 3.05) is 27.2 Å². The van der Waals surface area contributed by atoms with Crippen LogP contribution in [0.4, 0.5) is 13.2 Å². The molecule has 4 aromatic rings. The molecule has 0 bridgehead atoms. The average molecular weight is 842 g/mol. The molecule has 2 aromatic heterocycles. The van der Waals surface area contributed by atoms with Crippen molar-refractivity contribution in [1.82, 2.24) is 45.6 Å². The van der Waals surface area contributed by atoms with Crippen molar-refractivity contribution in [2.45, 2.75) is 115 Å². The first-order valence-electron chi connectivity index (χ1n) is 20.4. The Balaban J connectivity index is 1.40. The zero-order chi connectivity index (χ0) is 42.9. The summed E-state index contributed by atoms with van der Waals surface area (Å²) in [5.74, 6) is -1.94. The van der Waals surface area contributed by atoms with E-state index in [0.29, 0.717) is 45.1 Å². The monoisotopic (exact) mass is 841 g/mol. The van der Waals surface area contributed by atoms with Gasteiger partial charge in [-0.3, -0.25) is 19.2 Å². The van der Waals surface area contributed by atoms with Crippen LogP contribution in [0.25, 0.3) is 33.5 Å². The van der Waals surface area contributed by atoms with Crippen molar-refractivity contribution >= 4 is 57.2 Å². The second-order valence-electron chi connectivity index (χ2n) is 16.2. The van der Waals surface area contributed by atoms with E-state index in [1.165, 1.54) is 21.9 Å². The number of rotatable bonds is 15. The average Bonchev–Trinajstić information content (AvgIpc) is 3.96. The van der Waals surface area contributed by atoms with Crippen molar-refractivity contribution in [3.05, 3.63) is 52.8 Å². The fourth-order valence-electron chi connectivity index (χ4n) is 8.25. The summed E-state index contributed by atoms with van der Waals surface area (Å²) in [6.07, 6.45) is -2.06. The number of hydrogen-bond acceptors (Lipinski definition) is 7. The molecule has 8 atom stereocenters. The second kappa shape index (κ2) is 18.3. The Hall–Kier alpha value is -4.67. The third-order valence-electron chi connectivity index (χ3n) is 11.8. The minimum Gasteiger partial charge on any atom is -0.352 e. The first kappa shape index (κ1) is 43.9. The van der Waals surface area contributed by atoms with E-state index in [1.807, 2.05) is 24.5 Å². The van der Waals surface area contributed by atoms with Gasteiger partial charge in [0, 0.05) is 47.4 Å². The predicted octanol–water partition coefficient (Wildman–Crippen LogP) is 4.65. The molecular formula is C42H55ClF3N9O4. The minimum atomic E-state index is -1.33. The number of imidazole rings is 1. The lowest BCUT2D eigenvalue weighted by atomic mass is 9.99. The van der Waals surface area contributed by atoms with Gasteiger partial charge in [-0.2, -0.15) is 0 Å². The van der Waals surface area contributed by atoms with Crippen molar-refractivity contribution in [3.63, 3.8) is 0 Å². The number of fused-ring (bicyclic) bond motifs is 2. The van der Waals surface area contributed by atoms with Gasteiger partial charge in [-0.05, 0) is 76.5 Å². The molecule has 0 radical (unpaired) electrons. The molecule has 0 spiro atoms. The first-order chi connectivity index (χ1) is 28.0. The number of alkyl halides is 2. The summed E-state index contributed by atoms with van der Waals surface area (Å²) >= 11 is 6.47. The van der Waals surface area contributed by atoms with Gasteiger partial charge in [-0.15, -0.1) is 0 Å². The van der Waals surface area contributed by atoms with Crippen LogP contribution in [0, 0.1) is 11.7 Å². The standard InChI is InChI=1S/C42H55ClF3N9O4/c1-8-32(51-39(56)22(4)47-6)41(58)53-18-26(45)14-28(53)17-31-30-11-9-24(43)13-33(30)49-37(31)38-50-34-16-25(44)10-12-35(34)55(38)20-29-15-27(46)19-54(29)42(59)36(21(2)3)52-40(57)23(5)48-7/h9-13,16,21-23,26-29,32,36,47-49H,8,14-15,17-20H2,1-7H3,(H,51,56)(H,52,57). The third kappa shape index (κ3) is 9.24. The van der Waals surface area contributed by atoms with Crippen LogP contribution in [0.15, 0.2) is 36.4 Å². The van der Waals surface area contributed by atoms with Gasteiger partial charge in [0.15, 0.2) is 5.82 Å². The van der Waals surface area contributed by atoms with Crippen LogP contribution < -0.4 is 21.3 Å². The zero-order valence-corrected chi connectivity index (χ0v) is 35.3. The van der Waals surface area contributed by atoms with Crippen LogP contribution >= 0.6 is 11.6 Å². The maximum Gasteiger partial charge on any atom is 0.245 e. The predicted molar refractivity (Wildman–Crippen MR) is 222 cm³/mol. The molecule has 6 rings (SSSR count). The summed E-state index contributed by atoms with van der Waals surface area (Å²) in [5, 5.41) is 12.6. The van der Waals surface area contributed by atoms with E-state index in [2.05, 4.69) is 26.3 Å². The summed E-state index contributed by atoms with van der Waals surface area (Å²) in [6.45, 7) is 8.56. The second-order valence-corrected chi connectivity index (χ2v) is 16.7. The smallest absolute Gasteiger partial charge is 0.245 e. The van der Waals surface area contributed by atoms with Gasteiger partial charge in [0.2, 0.25) is 23.6 Å².